The van der Waals surface area contributed by atoms with Crippen molar-refractivity contribution < 1.29 is 14.3 Å². The third-order valence-corrected chi connectivity index (χ3v) is 5.10. The zero-order chi connectivity index (χ0) is 22.1. The summed E-state index contributed by atoms with van der Waals surface area (Å²) in [7, 11) is 0. The quantitative estimate of drug-likeness (QED) is 0.456. The zero-order valence-corrected chi connectivity index (χ0v) is 18.4. The molecule has 3 aromatic rings. The molecule has 162 valence electrons. The lowest BCUT2D eigenvalue weighted by Crippen LogP contribution is -2.28. The van der Waals surface area contributed by atoms with Crippen LogP contribution >= 0.6 is 0 Å². The van der Waals surface area contributed by atoms with Gasteiger partial charge in [-0.3, -0.25) is 4.79 Å². The number of rotatable bonds is 10. The molecule has 0 spiro atoms. The van der Waals surface area contributed by atoms with Gasteiger partial charge in [-0.1, -0.05) is 38.1 Å². The molecule has 3 rings (SSSR count). The maximum Gasteiger partial charge on any atom is 0.255 e. The second kappa shape index (κ2) is 11.2. The zero-order valence-electron chi connectivity index (χ0n) is 18.4. The molecule has 0 atom stereocenters. The molecule has 0 unspecified atom stereocenters. The molecular formula is C26H30N2O3. The SMILES string of the molecule is CCN(CC)CCOc1cc(N[11C](=O)c2ccc(Oc3ccccc3)cc2)ccc1C. The number of ether oxygens (including phenoxy) is 2. The van der Waals surface area contributed by atoms with Gasteiger partial charge >= 0.3 is 0 Å². The molecule has 0 heterocycles. The van der Waals surface area contributed by atoms with Crippen LogP contribution in [0.2, 0.25) is 0 Å². The van der Waals surface area contributed by atoms with Crippen LogP contribution in [-0.4, -0.2) is 37.0 Å². The van der Waals surface area contributed by atoms with Crippen LogP contribution in [0.1, 0.15) is 29.8 Å². The summed E-state index contributed by atoms with van der Waals surface area (Å²) in [4.78, 5) is 15.0. The number of anilines is 1. The van der Waals surface area contributed by atoms with Gasteiger partial charge in [-0.25, -0.2) is 0 Å². The molecule has 5 heteroatoms. The molecule has 0 radical (unpaired) electrons. The summed E-state index contributed by atoms with van der Waals surface area (Å²) in [5, 5.41) is 2.95. The lowest BCUT2D eigenvalue weighted by atomic mass is 9.88. The highest BCUT2D eigenvalue weighted by Gasteiger charge is 2.09. The number of likely N-dealkylation sites (N-methyl/N-ethyl adjacent to an activating group) is 1. The Kier molecular flexibility index (Phi) is 8.07. The van der Waals surface area contributed by atoms with Crippen molar-refractivity contribution in [3.05, 3.63) is 83.9 Å². The van der Waals surface area contributed by atoms with Gasteiger partial charge < -0.3 is 19.7 Å². The number of benzene rings is 3. The normalized spacial score (nSPS) is 10.7. The Labute approximate surface area is 184 Å². The highest BCUT2D eigenvalue weighted by atomic mass is 16.5. The summed E-state index contributed by atoms with van der Waals surface area (Å²) in [6.45, 7) is 9.79. The van der Waals surface area contributed by atoms with Crippen LogP contribution in [0.15, 0.2) is 72.8 Å². The van der Waals surface area contributed by atoms with E-state index in [0.717, 1.165) is 36.7 Å². The van der Waals surface area contributed by atoms with E-state index in [1.165, 1.54) is 0 Å². The van der Waals surface area contributed by atoms with Crippen molar-refractivity contribution in [3.8, 4) is 17.2 Å². The number of carbonyl (C=O) groups is 1. The molecule has 1 amide bonds. The van der Waals surface area contributed by atoms with E-state index >= 15 is 0 Å². The molecule has 0 fully saturated rings. The van der Waals surface area contributed by atoms with Crippen molar-refractivity contribution in [2.75, 3.05) is 31.6 Å². The maximum absolute atomic E-state index is 12.7. The van der Waals surface area contributed by atoms with E-state index in [-0.39, 0.29) is 5.91 Å². The number of nitrogens with one attached hydrogen (secondary N) is 1. The second-order valence-corrected chi connectivity index (χ2v) is 7.25. The van der Waals surface area contributed by atoms with Gasteiger partial charge in [0.1, 0.15) is 23.9 Å². The van der Waals surface area contributed by atoms with E-state index in [1.807, 2.05) is 55.5 Å². The first-order chi connectivity index (χ1) is 15.1. The Bertz CT molecular complexity index is 968. The Morgan fingerprint density at radius 3 is 2.26 bits per heavy atom. The van der Waals surface area contributed by atoms with E-state index in [9.17, 15) is 4.79 Å². The Morgan fingerprint density at radius 1 is 0.903 bits per heavy atom. The average Bonchev–Trinajstić information content (AvgIpc) is 2.80. The van der Waals surface area contributed by atoms with Gasteiger partial charge in [0.2, 0.25) is 0 Å². The van der Waals surface area contributed by atoms with Crippen molar-refractivity contribution in [1.29, 1.82) is 0 Å². The fraction of sp³-hybridized carbons (Fsp3) is 0.269. The van der Waals surface area contributed by atoms with Crippen LogP contribution in [0.3, 0.4) is 0 Å². The van der Waals surface area contributed by atoms with Gasteiger partial charge in [-0.05, 0) is 68.0 Å². The Morgan fingerprint density at radius 2 is 1.58 bits per heavy atom. The molecule has 0 bridgehead atoms. The van der Waals surface area contributed by atoms with E-state index in [0.29, 0.717) is 23.6 Å². The molecule has 1 N–H and O–H groups in total. The first-order valence-electron chi connectivity index (χ1n) is 10.7. The van der Waals surface area contributed by atoms with Crippen LogP contribution in [0, 0.1) is 6.92 Å². The fourth-order valence-corrected chi connectivity index (χ4v) is 3.16. The molecule has 5 nitrogen and oxygen atoms in total. The van der Waals surface area contributed by atoms with Gasteiger partial charge in [0.05, 0.1) is 0 Å². The lowest BCUT2D eigenvalue weighted by molar-refractivity contribution is 0.102. The maximum atomic E-state index is 12.7. The van der Waals surface area contributed by atoms with Crippen LogP contribution in [0.5, 0.6) is 17.2 Å². The summed E-state index contributed by atoms with van der Waals surface area (Å²) >= 11 is 0. The third kappa shape index (κ3) is 6.59. The minimum absolute atomic E-state index is 0.177. The number of hydrogen-bond donors (Lipinski definition) is 1. The first kappa shape index (κ1) is 22.4. The highest BCUT2D eigenvalue weighted by molar-refractivity contribution is 6.04. The van der Waals surface area contributed by atoms with Crippen LogP contribution in [0.4, 0.5) is 5.69 Å². The average molecular weight is 418 g/mol. The summed E-state index contributed by atoms with van der Waals surface area (Å²) in [5.74, 6) is 2.05. The summed E-state index contributed by atoms with van der Waals surface area (Å²) < 4.78 is 11.7. The van der Waals surface area contributed by atoms with E-state index in [1.54, 1.807) is 24.3 Å². The highest BCUT2D eigenvalue weighted by Crippen LogP contribution is 2.24. The number of hydrogen-bond acceptors (Lipinski definition) is 4. The van der Waals surface area contributed by atoms with Crippen molar-refractivity contribution in [3.63, 3.8) is 0 Å². The topological polar surface area (TPSA) is 50.8 Å². The number of para-hydroxylation sites is 1. The fourth-order valence-electron chi connectivity index (χ4n) is 3.16. The predicted octanol–water partition coefficient (Wildman–Crippen LogP) is 5.76. The summed E-state index contributed by atoms with van der Waals surface area (Å²) in [6, 6.07) is 22.4. The van der Waals surface area contributed by atoms with E-state index in [2.05, 4.69) is 24.1 Å². The molecule has 0 saturated heterocycles. The van der Waals surface area contributed by atoms with Gasteiger partial charge in [0, 0.05) is 23.9 Å². The van der Waals surface area contributed by atoms with Crippen molar-refractivity contribution in [2.24, 2.45) is 0 Å². The predicted molar refractivity (Wildman–Crippen MR) is 125 cm³/mol. The van der Waals surface area contributed by atoms with E-state index in [4.69, 9.17) is 9.47 Å². The van der Waals surface area contributed by atoms with Crippen molar-refractivity contribution >= 4 is 11.6 Å². The van der Waals surface area contributed by atoms with Crippen LogP contribution < -0.4 is 14.8 Å². The summed E-state index contributed by atoms with van der Waals surface area (Å²) in [5.41, 5.74) is 2.31. The summed E-state index contributed by atoms with van der Waals surface area (Å²) in [6.07, 6.45) is 0. The Balaban J connectivity index is 1.59. The monoisotopic (exact) mass is 417 g/mol. The second-order valence-electron chi connectivity index (χ2n) is 7.25. The number of nitrogens with zero attached hydrogens (tertiary/aromatic N) is 1. The molecule has 0 saturated carbocycles. The van der Waals surface area contributed by atoms with Crippen molar-refractivity contribution in [1.82, 2.24) is 4.90 Å². The van der Waals surface area contributed by atoms with Crippen LogP contribution in [0.25, 0.3) is 0 Å². The minimum Gasteiger partial charge on any atom is -0.492 e. The number of aryl methyl sites for hydroxylation is 1. The molecule has 0 aliphatic carbocycles. The van der Waals surface area contributed by atoms with Crippen LogP contribution in [-0.2, 0) is 0 Å². The lowest BCUT2D eigenvalue weighted by Gasteiger charge is -2.19. The Hall–Kier alpha value is -3.31. The van der Waals surface area contributed by atoms with E-state index < -0.39 is 0 Å². The van der Waals surface area contributed by atoms with Gasteiger partial charge in [0.15, 0.2) is 0 Å². The first-order valence-corrected chi connectivity index (χ1v) is 10.7. The van der Waals surface area contributed by atoms with Gasteiger partial charge in [-0.15, -0.1) is 0 Å². The van der Waals surface area contributed by atoms with Gasteiger partial charge in [-0.2, -0.15) is 0 Å². The third-order valence-electron chi connectivity index (χ3n) is 5.10. The number of amides is 1. The minimum atomic E-state index is -0.177. The molecule has 0 aliphatic rings. The molecule has 3 aromatic carbocycles. The molecule has 0 aliphatic heterocycles. The standard InChI is InChI=1S/C26H30N2O3/c1-4-28(5-2)17-18-30-25-19-22(14-11-20(25)3)27-26(29)21-12-15-24(16-13-21)31-23-9-7-6-8-10-23/h6-16,19H,4-5,17-18H2,1-3H3,(H,27,29)/i26-1. The van der Waals surface area contributed by atoms with Gasteiger partial charge in [0.25, 0.3) is 5.91 Å². The van der Waals surface area contributed by atoms with Crippen molar-refractivity contribution in [2.45, 2.75) is 20.8 Å². The molecular weight excluding hydrogens is 387 g/mol. The largest absolute Gasteiger partial charge is 0.492 e. The molecule has 31 heavy (non-hydrogen) atoms. The number of carbonyl (C=O) groups excluding carboxylic acids is 1. The smallest absolute Gasteiger partial charge is 0.255 e. The molecule has 0 aromatic heterocycles.